The molecule has 0 fully saturated rings. The van der Waals surface area contributed by atoms with Gasteiger partial charge in [-0.25, -0.2) is 4.39 Å². The number of nitrogens with one attached hydrogen (secondary N) is 1. The van der Waals surface area contributed by atoms with Crippen molar-refractivity contribution in [3.63, 3.8) is 0 Å². The van der Waals surface area contributed by atoms with E-state index >= 15 is 0 Å². The van der Waals surface area contributed by atoms with Crippen LogP contribution in [-0.4, -0.2) is 15.7 Å². The molecule has 1 amide bonds. The smallest absolute Gasteiger partial charge is 0.259 e. The normalized spacial score (nSPS) is 10.3. The Kier molecular flexibility index (Phi) is 3.72. The lowest BCUT2D eigenvalue weighted by Gasteiger charge is -2.03. The van der Waals surface area contributed by atoms with Crippen molar-refractivity contribution in [1.82, 2.24) is 9.78 Å². The van der Waals surface area contributed by atoms with Gasteiger partial charge in [0.15, 0.2) is 5.82 Å². The van der Waals surface area contributed by atoms with Gasteiger partial charge in [0.2, 0.25) is 0 Å². The Hall–Kier alpha value is -2.17. The van der Waals surface area contributed by atoms with E-state index in [-0.39, 0.29) is 5.56 Å². The van der Waals surface area contributed by atoms with Gasteiger partial charge < -0.3 is 5.32 Å². The van der Waals surface area contributed by atoms with Crippen molar-refractivity contribution in [2.24, 2.45) is 0 Å². The molecular weight excluding hydrogens is 233 g/mol. The van der Waals surface area contributed by atoms with Gasteiger partial charge in [-0.05, 0) is 18.6 Å². The summed E-state index contributed by atoms with van der Waals surface area (Å²) in [6, 6.07) is 7.54. The highest BCUT2D eigenvalue weighted by atomic mass is 19.1. The molecule has 0 atom stereocenters. The Morgan fingerprint density at radius 2 is 2.17 bits per heavy atom. The molecule has 0 aliphatic heterocycles. The van der Waals surface area contributed by atoms with Crippen molar-refractivity contribution in [1.29, 1.82) is 0 Å². The summed E-state index contributed by atoms with van der Waals surface area (Å²) in [7, 11) is 0. The van der Waals surface area contributed by atoms with Crippen molar-refractivity contribution in [2.45, 2.75) is 19.9 Å². The third-order valence-electron chi connectivity index (χ3n) is 2.45. The first-order valence-electron chi connectivity index (χ1n) is 5.80. The summed E-state index contributed by atoms with van der Waals surface area (Å²) >= 11 is 0. The van der Waals surface area contributed by atoms with Gasteiger partial charge >= 0.3 is 0 Å². The van der Waals surface area contributed by atoms with E-state index in [2.05, 4.69) is 10.4 Å². The zero-order valence-electron chi connectivity index (χ0n) is 10.1. The third-order valence-corrected chi connectivity index (χ3v) is 2.45. The van der Waals surface area contributed by atoms with Crippen LogP contribution in [0.4, 0.5) is 10.2 Å². The Morgan fingerprint density at radius 3 is 2.89 bits per heavy atom. The molecule has 18 heavy (non-hydrogen) atoms. The molecular formula is C13H14FN3O. The van der Waals surface area contributed by atoms with Gasteiger partial charge in [0.05, 0.1) is 5.56 Å². The van der Waals surface area contributed by atoms with Crippen LogP contribution in [0.1, 0.15) is 23.7 Å². The standard InChI is InChI=1S/C13H14FN3O/c1-2-8-17-9-7-12(16-17)15-13(18)10-5-3-4-6-11(10)14/h3-7,9H,2,8H2,1H3,(H,15,16,18). The molecule has 1 heterocycles. The molecule has 0 saturated heterocycles. The molecule has 0 saturated carbocycles. The van der Waals surface area contributed by atoms with Gasteiger partial charge in [-0.3, -0.25) is 9.48 Å². The van der Waals surface area contributed by atoms with Crippen LogP contribution in [0.5, 0.6) is 0 Å². The van der Waals surface area contributed by atoms with Crippen molar-refractivity contribution in [3.05, 3.63) is 47.9 Å². The number of anilines is 1. The van der Waals surface area contributed by atoms with Crippen LogP contribution >= 0.6 is 0 Å². The molecule has 2 aromatic rings. The molecule has 0 unspecified atom stereocenters. The number of hydrogen-bond acceptors (Lipinski definition) is 2. The Bertz CT molecular complexity index is 551. The molecule has 94 valence electrons. The minimum Gasteiger partial charge on any atom is -0.305 e. The van der Waals surface area contributed by atoms with Gasteiger partial charge in [-0.1, -0.05) is 19.1 Å². The van der Waals surface area contributed by atoms with E-state index in [0.717, 1.165) is 13.0 Å². The number of benzene rings is 1. The average Bonchev–Trinajstić information content (AvgIpc) is 2.77. The van der Waals surface area contributed by atoms with Crippen molar-refractivity contribution in [2.75, 3.05) is 5.32 Å². The molecule has 4 nitrogen and oxygen atoms in total. The van der Waals surface area contributed by atoms with Crippen LogP contribution in [0.3, 0.4) is 0 Å². The number of nitrogens with zero attached hydrogens (tertiary/aromatic N) is 2. The molecule has 0 bridgehead atoms. The molecule has 0 aliphatic carbocycles. The van der Waals surface area contributed by atoms with E-state index in [1.807, 2.05) is 6.92 Å². The van der Waals surface area contributed by atoms with Crippen molar-refractivity contribution >= 4 is 11.7 Å². The average molecular weight is 247 g/mol. The lowest BCUT2D eigenvalue weighted by Crippen LogP contribution is -2.14. The highest BCUT2D eigenvalue weighted by molar-refractivity contribution is 6.03. The molecule has 1 aromatic heterocycles. The summed E-state index contributed by atoms with van der Waals surface area (Å²) in [5.74, 6) is -0.602. The molecule has 5 heteroatoms. The molecule has 1 N–H and O–H groups in total. The maximum Gasteiger partial charge on any atom is 0.259 e. The Morgan fingerprint density at radius 1 is 1.39 bits per heavy atom. The fraction of sp³-hybridized carbons (Fsp3) is 0.231. The van der Waals surface area contributed by atoms with E-state index in [9.17, 15) is 9.18 Å². The second kappa shape index (κ2) is 5.44. The topological polar surface area (TPSA) is 46.9 Å². The third kappa shape index (κ3) is 2.74. The number of rotatable bonds is 4. The van der Waals surface area contributed by atoms with Gasteiger partial charge in [-0.15, -0.1) is 0 Å². The van der Waals surface area contributed by atoms with E-state index in [0.29, 0.717) is 5.82 Å². The lowest BCUT2D eigenvalue weighted by molar-refractivity contribution is 0.102. The summed E-state index contributed by atoms with van der Waals surface area (Å²) in [5, 5.41) is 6.72. The number of halogens is 1. The quantitative estimate of drug-likeness (QED) is 0.902. The Balaban J connectivity index is 2.09. The summed E-state index contributed by atoms with van der Waals surface area (Å²) in [6.45, 7) is 2.83. The maximum atomic E-state index is 13.4. The van der Waals surface area contributed by atoms with Crippen LogP contribution in [0, 0.1) is 5.82 Å². The van der Waals surface area contributed by atoms with Gasteiger partial charge in [0.25, 0.3) is 5.91 Å². The molecule has 0 spiro atoms. The first-order chi connectivity index (χ1) is 8.70. The summed E-state index contributed by atoms with van der Waals surface area (Å²) < 4.78 is 15.1. The zero-order valence-corrected chi connectivity index (χ0v) is 10.1. The van der Waals surface area contributed by atoms with Crippen LogP contribution in [0.2, 0.25) is 0 Å². The predicted octanol–water partition coefficient (Wildman–Crippen LogP) is 2.68. The van der Waals surface area contributed by atoms with Gasteiger partial charge in [0.1, 0.15) is 5.82 Å². The second-order valence-corrected chi connectivity index (χ2v) is 3.90. The van der Waals surface area contributed by atoms with Crippen molar-refractivity contribution < 1.29 is 9.18 Å². The summed E-state index contributed by atoms with van der Waals surface area (Å²) in [6.07, 6.45) is 2.74. The van der Waals surface area contributed by atoms with E-state index in [1.165, 1.54) is 12.1 Å². The number of carbonyl (C=O) groups is 1. The van der Waals surface area contributed by atoms with Crippen LogP contribution < -0.4 is 5.32 Å². The molecule has 0 aliphatic rings. The first kappa shape index (κ1) is 12.3. The fourth-order valence-corrected chi connectivity index (χ4v) is 1.61. The first-order valence-corrected chi connectivity index (χ1v) is 5.80. The highest BCUT2D eigenvalue weighted by Crippen LogP contribution is 2.10. The monoisotopic (exact) mass is 247 g/mol. The number of carbonyl (C=O) groups excluding carboxylic acids is 1. The van der Waals surface area contributed by atoms with E-state index in [1.54, 1.807) is 29.1 Å². The molecule has 2 rings (SSSR count). The van der Waals surface area contributed by atoms with Crippen LogP contribution in [-0.2, 0) is 6.54 Å². The zero-order chi connectivity index (χ0) is 13.0. The Labute approximate surface area is 104 Å². The second-order valence-electron chi connectivity index (χ2n) is 3.90. The summed E-state index contributed by atoms with van der Waals surface area (Å²) in [4.78, 5) is 11.8. The van der Waals surface area contributed by atoms with Gasteiger partial charge in [0, 0.05) is 18.8 Å². The minimum absolute atomic E-state index is 0.0162. The van der Waals surface area contributed by atoms with Crippen LogP contribution in [0.25, 0.3) is 0 Å². The van der Waals surface area contributed by atoms with Crippen LogP contribution in [0.15, 0.2) is 36.5 Å². The predicted molar refractivity (Wildman–Crippen MR) is 66.9 cm³/mol. The maximum absolute atomic E-state index is 13.4. The number of hydrogen-bond donors (Lipinski definition) is 1. The lowest BCUT2D eigenvalue weighted by atomic mass is 10.2. The molecule has 1 aromatic carbocycles. The highest BCUT2D eigenvalue weighted by Gasteiger charge is 2.11. The SMILES string of the molecule is CCCn1ccc(NC(=O)c2ccccc2F)n1. The number of aromatic nitrogens is 2. The largest absolute Gasteiger partial charge is 0.305 e. The number of amides is 1. The van der Waals surface area contributed by atoms with Gasteiger partial charge in [-0.2, -0.15) is 5.10 Å². The molecule has 0 radical (unpaired) electrons. The minimum atomic E-state index is -0.539. The summed E-state index contributed by atoms with van der Waals surface area (Å²) in [5.41, 5.74) is 0.0162. The van der Waals surface area contributed by atoms with Crippen molar-refractivity contribution in [3.8, 4) is 0 Å². The fourth-order valence-electron chi connectivity index (χ4n) is 1.61. The van der Waals surface area contributed by atoms with E-state index in [4.69, 9.17) is 0 Å². The number of aryl methyl sites for hydroxylation is 1. The van der Waals surface area contributed by atoms with E-state index < -0.39 is 11.7 Å².